The molecule has 0 bridgehead atoms. The second-order valence-electron chi connectivity index (χ2n) is 10.3. The van der Waals surface area contributed by atoms with E-state index in [1.165, 1.54) is 25.9 Å². The summed E-state index contributed by atoms with van der Waals surface area (Å²) in [4.78, 5) is 26.1. The Morgan fingerprint density at radius 2 is 1.74 bits per heavy atom. The van der Waals surface area contributed by atoms with Gasteiger partial charge in [0.25, 0.3) is 0 Å². The standard InChI is InChI=1S/C30H39ClN4O3/c1-4-26-28(21-8-10-22(31)11-9-21)35(29(32-26)25-13-12-24(37-3)20-27(25)38-5-2)30(36)34-18-14-23(15-19-34)33-16-6-7-17-33/h8-13,20,23,26,28H,4-7,14-19H2,1-3H3/t26-,28+/m1/s1. The zero-order valence-electron chi connectivity index (χ0n) is 22.7. The molecule has 2 amide bonds. The number of hydrogen-bond donors (Lipinski definition) is 0. The largest absolute Gasteiger partial charge is 0.497 e. The Balaban J connectivity index is 1.49. The number of rotatable bonds is 7. The monoisotopic (exact) mass is 538 g/mol. The minimum atomic E-state index is -0.215. The van der Waals surface area contributed by atoms with Crippen LogP contribution in [0, 0.1) is 0 Å². The van der Waals surface area contributed by atoms with Gasteiger partial charge in [-0.15, -0.1) is 0 Å². The summed E-state index contributed by atoms with van der Waals surface area (Å²) in [6.45, 7) is 8.49. The average Bonchev–Trinajstić information content (AvgIpc) is 3.62. The van der Waals surface area contributed by atoms with Crippen LogP contribution in [0.25, 0.3) is 0 Å². The molecule has 3 heterocycles. The molecule has 0 N–H and O–H groups in total. The van der Waals surface area contributed by atoms with Crippen molar-refractivity contribution in [1.29, 1.82) is 0 Å². The first-order valence-electron chi connectivity index (χ1n) is 14.0. The summed E-state index contributed by atoms with van der Waals surface area (Å²) in [5.41, 5.74) is 1.84. The Hall–Kier alpha value is -2.77. The van der Waals surface area contributed by atoms with Crippen LogP contribution in [0.1, 0.15) is 63.1 Å². The van der Waals surface area contributed by atoms with Crippen LogP contribution in [0.2, 0.25) is 5.02 Å². The molecule has 2 fully saturated rings. The van der Waals surface area contributed by atoms with Gasteiger partial charge in [0.1, 0.15) is 17.3 Å². The molecular formula is C30H39ClN4O3. The molecular weight excluding hydrogens is 500 g/mol. The van der Waals surface area contributed by atoms with Crippen LogP contribution in [-0.2, 0) is 0 Å². The maximum atomic E-state index is 14.4. The molecule has 3 aliphatic rings. The number of ether oxygens (including phenoxy) is 2. The van der Waals surface area contributed by atoms with Crippen LogP contribution in [-0.4, -0.2) is 78.5 Å². The summed E-state index contributed by atoms with van der Waals surface area (Å²) in [5.74, 6) is 2.04. The van der Waals surface area contributed by atoms with Crippen molar-refractivity contribution >= 4 is 23.5 Å². The number of urea groups is 1. The molecule has 38 heavy (non-hydrogen) atoms. The lowest BCUT2D eigenvalue weighted by atomic mass is 9.97. The highest BCUT2D eigenvalue weighted by atomic mass is 35.5. The molecule has 3 aliphatic heterocycles. The molecule has 2 aromatic carbocycles. The number of aliphatic imine (C=N–C) groups is 1. The Morgan fingerprint density at radius 1 is 1.03 bits per heavy atom. The number of carbonyl (C=O) groups excluding carboxylic acids is 1. The molecule has 0 radical (unpaired) electrons. The highest BCUT2D eigenvalue weighted by Gasteiger charge is 2.44. The lowest BCUT2D eigenvalue weighted by Crippen LogP contribution is -2.52. The van der Waals surface area contributed by atoms with Crippen molar-refractivity contribution in [3.63, 3.8) is 0 Å². The fourth-order valence-corrected chi connectivity index (χ4v) is 6.24. The maximum Gasteiger partial charge on any atom is 0.326 e. The summed E-state index contributed by atoms with van der Waals surface area (Å²) < 4.78 is 11.5. The molecule has 2 saturated heterocycles. The molecule has 0 spiro atoms. The van der Waals surface area contributed by atoms with E-state index in [4.69, 9.17) is 26.1 Å². The first kappa shape index (κ1) is 26.8. The number of methoxy groups -OCH3 is 1. The average molecular weight is 539 g/mol. The van der Waals surface area contributed by atoms with Gasteiger partial charge in [0.2, 0.25) is 0 Å². The summed E-state index contributed by atoms with van der Waals surface area (Å²) in [6.07, 6.45) is 5.41. The van der Waals surface area contributed by atoms with Crippen molar-refractivity contribution in [2.45, 2.75) is 64.1 Å². The van der Waals surface area contributed by atoms with Gasteiger partial charge < -0.3 is 19.3 Å². The third kappa shape index (κ3) is 5.36. The van der Waals surface area contributed by atoms with E-state index >= 15 is 0 Å². The van der Waals surface area contributed by atoms with Crippen LogP contribution in [0.4, 0.5) is 4.79 Å². The van der Waals surface area contributed by atoms with Crippen molar-refractivity contribution in [2.75, 3.05) is 39.9 Å². The molecule has 0 saturated carbocycles. The quantitative estimate of drug-likeness (QED) is 0.433. The van der Waals surface area contributed by atoms with Crippen LogP contribution in [0.5, 0.6) is 11.5 Å². The number of carbonyl (C=O) groups is 1. The number of benzene rings is 2. The van der Waals surface area contributed by atoms with Gasteiger partial charge in [-0.2, -0.15) is 0 Å². The smallest absolute Gasteiger partial charge is 0.326 e. The Bertz CT molecular complexity index is 1140. The van der Waals surface area contributed by atoms with Crippen LogP contribution < -0.4 is 9.47 Å². The summed E-state index contributed by atoms with van der Waals surface area (Å²) >= 11 is 6.24. The van der Waals surface area contributed by atoms with Gasteiger partial charge in [-0.25, -0.2) is 4.79 Å². The van der Waals surface area contributed by atoms with E-state index in [-0.39, 0.29) is 18.1 Å². The minimum Gasteiger partial charge on any atom is -0.497 e. The van der Waals surface area contributed by atoms with Crippen molar-refractivity contribution in [1.82, 2.24) is 14.7 Å². The first-order chi connectivity index (χ1) is 18.5. The number of nitrogens with zero attached hydrogens (tertiary/aromatic N) is 4. The molecule has 8 heteroatoms. The van der Waals surface area contributed by atoms with E-state index in [1.54, 1.807) is 7.11 Å². The van der Waals surface area contributed by atoms with E-state index < -0.39 is 0 Å². The lowest BCUT2D eigenvalue weighted by Gasteiger charge is -2.40. The van der Waals surface area contributed by atoms with E-state index in [9.17, 15) is 4.79 Å². The second-order valence-corrected chi connectivity index (χ2v) is 10.8. The molecule has 0 aliphatic carbocycles. The lowest BCUT2D eigenvalue weighted by molar-refractivity contribution is 0.117. The van der Waals surface area contributed by atoms with Crippen LogP contribution in [0.15, 0.2) is 47.5 Å². The van der Waals surface area contributed by atoms with E-state index in [0.29, 0.717) is 35.0 Å². The van der Waals surface area contributed by atoms with Crippen molar-refractivity contribution < 1.29 is 14.3 Å². The van der Waals surface area contributed by atoms with Crippen LogP contribution in [0.3, 0.4) is 0 Å². The van der Waals surface area contributed by atoms with E-state index in [2.05, 4.69) is 11.8 Å². The fourth-order valence-electron chi connectivity index (χ4n) is 6.12. The van der Waals surface area contributed by atoms with Gasteiger partial charge in [0.15, 0.2) is 0 Å². The number of hydrogen-bond acceptors (Lipinski definition) is 5. The summed E-state index contributed by atoms with van der Waals surface area (Å²) in [7, 11) is 1.64. The van der Waals surface area contributed by atoms with Gasteiger partial charge >= 0.3 is 6.03 Å². The SMILES string of the molecule is CCOc1cc(OC)ccc1C1=N[C@H](CC)[C@H](c2ccc(Cl)cc2)N1C(=O)N1CCC(N2CCCC2)CC1. The van der Waals surface area contributed by atoms with E-state index in [0.717, 1.165) is 43.5 Å². The number of amidine groups is 1. The molecule has 0 aromatic heterocycles. The third-order valence-corrected chi connectivity index (χ3v) is 8.37. The van der Waals surface area contributed by atoms with Gasteiger partial charge in [-0.05, 0) is 81.9 Å². The number of halogens is 1. The number of piperidine rings is 1. The van der Waals surface area contributed by atoms with Crippen molar-refractivity contribution in [2.24, 2.45) is 4.99 Å². The van der Waals surface area contributed by atoms with Crippen molar-refractivity contribution in [3.05, 3.63) is 58.6 Å². The molecule has 204 valence electrons. The Morgan fingerprint density at radius 3 is 2.37 bits per heavy atom. The van der Waals surface area contributed by atoms with Gasteiger partial charge in [-0.1, -0.05) is 30.7 Å². The second kappa shape index (κ2) is 12.0. The summed E-state index contributed by atoms with van der Waals surface area (Å²) in [5, 5.41) is 0.677. The molecule has 2 atom stereocenters. The van der Waals surface area contributed by atoms with Crippen molar-refractivity contribution in [3.8, 4) is 11.5 Å². The highest BCUT2D eigenvalue weighted by Crippen LogP contribution is 2.40. The zero-order chi connectivity index (χ0) is 26.6. The van der Waals surface area contributed by atoms with Crippen LogP contribution >= 0.6 is 11.6 Å². The Labute approximate surface area is 231 Å². The highest BCUT2D eigenvalue weighted by molar-refractivity contribution is 6.30. The fraction of sp³-hybridized carbons (Fsp3) is 0.533. The van der Waals surface area contributed by atoms with Gasteiger partial charge in [0, 0.05) is 30.2 Å². The minimum absolute atomic E-state index is 0.0118. The summed E-state index contributed by atoms with van der Waals surface area (Å²) in [6, 6.07) is 13.9. The first-order valence-corrected chi connectivity index (χ1v) is 14.4. The molecule has 7 nitrogen and oxygen atoms in total. The molecule has 5 rings (SSSR count). The molecule has 2 aromatic rings. The van der Waals surface area contributed by atoms with Gasteiger partial charge in [-0.3, -0.25) is 9.89 Å². The Kier molecular flexibility index (Phi) is 8.44. The topological polar surface area (TPSA) is 57.6 Å². The predicted octanol–water partition coefficient (Wildman–Crippen LogP) is 6.01. The van der Waals surface area contributed by atoms with E-state index in [1.807, 2.05) is 59.2 Å². The zero-order valence-corrected chi connectivity index (χ0v) is 23.5. The molecule has 0 unspecified atom stereocenters. The van der Waals surface area contributed by atoms with Gasteiger partial charge in [0.05, 0.1) is 31.4 Å². The predicted molar refractivity (Wildman–Crippen MR) is 152 cm³/mol. The third-order valence-electron chi connectivity index (χ3n) is 8.12. The number of amides is 2. The maximum absolute atomic E-state index is 14.4. The normalized spacial score (nSPS) is 22.6. The number of likely N-dealkylation sites (tertiary alicyclic amines) is 2.